The number of amides is 1. The van der Waals surface area contributed by atoms with E-state index < -0.39 is 18.4 Å². The van der Waals surface area contributed by atoms with E-state index in [-0.39, 0.29) is 49.6 Å². The second-order valence-corrected chi connectivity index (χ2v) is 5.59. The normalized spacial score (nSPS) is 18.0. The molecule has 6 nitrogen and oxygen atoms in total. The van der Waals surface area contributed by atoms with Gasteiger partial charge in [0.25, 0.3) is 0 Å². The summed E-state index contributed by atoms with van der Waals surface area (Å²) in [6.07, 6.45) is -5.49. The van der Waals surface area contributed by atoms with E-state index in [2.05, 4.69) is 4.74 Å². The summed E-state index contributed by atoms with van der Waals surface area (Å²) in [5.41, 5.74) is 0.281. The van der Waals surface area contributed by atoms with Gasteiger partial charge >= 0.3 is 12.3 Å². The van der Waals surface area contributed by atoms with Gasteiger partial charge in [-0.05, 0) is 18.1 Å². The van der Waals surface area contributed by atoms with Gasteiger partial charge in [-0.3, -0.25) is 9.59 Å². The maximum atomic E-state index is 12.4. The highest BCUT2D eigenvalue weighted by atomic mass is 19.4. The fourth-order valence-corrected chi connectivity index (χ4v) is 2.60. The number of rotatable bonds is 6. The van der Waals surface area contributed by atoms with Gasteiger partial charge in [-0.2, -0.15) is 0 Å². The molecule has 1 N–H and O–H groups in total. The van der Waals surface area contributed by atoms with Crippen LogP contribution in [0, 0.1) is 0 Å². The number of aryl methyl sites for hydroxylation is 1. The molecule has 1 amide bonds. The van der Waals surface area contributed by atoms with Gasteiger partial charge in [0, 0.05) is 19.5 Å². The molecule has 1 atom stereocenters. The van der Waals surface area contributed by atoms with Crippen molar-refractivity contribution in [3.05, 3.63) is 29.8 Å². The van der Waals surface area contributed by atoms with Crippen molar-refractivity contribution in [1.29, 1.82) is 0 Å². The van der Waals surface area contributed by atoms with Gasteiger partial charge in [-0.25, -0.2) is 0 Å². The molecule has 0 spiro atoms. The molecule has 9 heteroatoms. The van der Waals surface area contributed by atoms with Gasteiger partial charge in [-0.1, -0.05) is 18.2 Å². The van der Waals surface area contributed by atoms with Crippen molar-refractivity contribution < 1.29 is 37.3 Å². The fourth-order valence-electron chi connectivity index (χ4n) is 2.60. The molecule has 1 saturated heterocycles. The first-order chi connectivity index (χ1) is 11.7. The third-order valence-electron chi connectivity index (χ3n) is 3.70. The number of aliphatic carboxylic acids is 1. The van der Waals surface area contributed by atoms with Crippen LogP contribution in [0.25, 0.3) is 0 Å². The van der Waals surface area contributed by atoms with Gasteiger partial charge in [0.15, 0.2) is 0 Å². The van der Waals surface area contributed by atoms with Crippen LogP contribution >= 0.6 is 0 Å². The van der Waals surface area contributed by atoms with E-state index in [0.29, 0.717) is 6.54 Å². The highest BCUT2D eigenvalue weighted by Gasteiger charge is 2.32. The molecule has 138 valence electrons. The average molecular weight is 361 g/mol. The van der Waals surface area contributed by atoms with Crippen LogP contribution in [0.1, 0.15) is 18.4 Å². The molecule has 0 bridgehead atoms. The van der Waals surface area contributed by atoms with Crippen LogP contribution in [-0.2, 0) is 20.7 Å². The standard InChI is InChI=1S/C16H18F3NO5/c17-16(18,19)25-13-4-2-1-3-11(13)5-6-14(21)20-7-8-24-12(10-20)9-15(22)23/h1-4,12H,5-10H2,(H,22,23)/t12-/m1/s1. The lowest BCUT2D eigenvalue weighted by molar-refractivity contribution is -0.274. The van der Waals surface area contributed by atoms with Gasteiger partial charge in [-0.15, -0.1) is 13.2 Å². The number of ether oxygens (including phenoxy) is 2. The van der Waals surface area contributed by atoms with Crippen molar-refractivity contribution >= 4 is 11.9 Å². The van der Waals surface area contributed by atoms with Gasteiger partial charge < -0.3 is 19.5 Å². The Bertz CT molecular complexity index is 620. The van der Waals surface area contributed by atoms with E-state index in [9.17, 15) is 22.8 Å². The highest BCUT2D eigenvalue weighted by Crippen LogP contribution is 2.27. The van der Waals surface area contributed by atoms with Crippen molar-refractivity contribution in [1.82, 2.24) is 4.90 Å². The van der Waals surface area contributed by atoms with Crippen LogP contribution in [0.2, 0.25) is 0 Å². The summed E-state index contributed by atoms with van der Waals surface area (Å²) in [6, 6.07) is 5.66. The molecule has 0 radical (unpaired) electrons. The number of hydrogen-bond donors (Lipinski definition) is 1. The lowest BCUT2D eigenvalue weighted by Crippen LogP contribution is -2.46. The fraction of sp³-hybridized carbons (Fsp3) is 0.500. The molecule has 1 aromatic rings. The first-order valence-electron chi connectivity index (χ1n) is 7.69. The smallest absolute Gasteiger partial charge is 0.481 e. The number of benzene rings is 1. The molecular weight excluding hydrogens is 343 g/mol. The number of halogens is 3. The maximum absolute atomic E-state index is 12.4. The monoisotopic (exact) mass is 361 g/mol. The molecule has 1 aliphatic rings. The van der Waals surface area contributed by atoms with Gasteiger partial charge in [0.2, 0.25) is 5.91 Å². The number of carboxylic acid groups (broad SMARTS) is 1. The minimum Gasteiger partial charge on any atom is -0.481 e. The molecule has 25 heavy (non-hydrogen) atoms. The average Bonchev–Trinajstić information content (AvgIpc) is 2.52. The zero-order valence-electron chi connectivity index (χ0n) is 13.3. The van der Waals surface area contributed by atoms with Crippen LogP contribution in [0.4, 0.5) is 13.2 Å². The first-order valence-corrected chi connectivity index (χ1v) is 7.69. The molecule has 2 rings (SSSR count). The van der Waals surface area contributed by atoms with Gasteiger partial charge in [0.1, 0.15) is 5.75 Å². The summed E-state index contributed by atoms with van der Waals surface area (Å²) in [5.74, 6) is -1.61. The quantitative estimate of drug-likeness (QED) is 0.841. The third-order valence-corrected chi connectivity index (χ3v) is 3.70. The molecule has 1 aliphatic heterocycles. The van der Waals surface area contributed by atoms with Crippen molar-refractivity contribution in [3.8, 4) is 5.75 Å². The number of carboxylic acids is 1. The van der Waals surface area contributed by atoms with E-state index in [4.69, 9.17) is 9.84 Å². The van der Waals surface area contributed by atoms with Crippen LogP contribution < -0.4 is 4.74 Å². The number of hydrogen-bond acceptors (Lipinski definition) is 4. The third kappa shape index (κ3) is 6.26. The van der Waals surface area contributed by atoms with Crippen LogP contribution in [-0.4, -0.2) is 54.0 Å². The van der Waals surface area contributed by atoms with Crippen LogP contribution in [0.3, 0.4) is 0 Å². The summed E-state index contributed by atoms with van der Waals surface area (Å²) in [6.45, 7) is 0.721. The zero-order valence-corrected chi connectivity index (χ0v) is 13.3. The molecule has 0 saturated carbocycles. The number of carbonyl (C=O) groups excluding carboxylic acids is 1. The van der Waals surface area contributed by atoms with E-state index in [1.165, 1.54) is 23.1 Å². The Hall–Kier alpha value is -2.29. The van der Waals surface area contributed by atoms with Crippen molar-refractivity contribution in [3.63, 3.8) is 0 Å². The number of nitrogens with zero attached hydrogens (tertiary/aromatic N) is 1. The highest BCUT2D eigenvalue weighted by molar-refractivity contribution is 5.77. The Morgan fingerprint density at radius 1 is 1.32 bits per heavy atom. The van der Waals surface area contributed by atoms with E-state index in [0.717, 1.165) is 0 Å². The number of alkyl halides is 3. The Morgan fingerprint density at radius 2 is 2.04 bits per heavy atom. The number of para-hydroxylation sites is 1. The van der Waals surface area contributed by atoms with Crippen molar-refractivity contribution in [2.75, 3.05) is 19.7 Å². The van der Waals surface area contributed by atoms with E-state index in [1.807, 2.05) is 0 Å². The zero-order chi connectivity index (χ0) is 18.4. The van der Waals surface area contributed by atoms with Gasteiger partial charge in [0.05, 0.1) is 19.1 Å². The summed E-state index contributed by atoms with van der Waals surface area (Å²) >= 11 is 0. The molecule has 0 aliphatic carbocycles. The summed E-state index contributed by atoms with van der Waals surface area (Å²) in [7, 11) is 0. The molecule has 1 aromatic carbocycles. The topological polar surface area (TPSA) is 76.1 Å². The van der Waals surface area contributed by atoms with E-state index >= 15 is 0 Å². The Morgan fingerprint density at radius 3 is 2.72 bits per heavy atom. The number of morpholine rings is 1. The Kier molecular flexibility index (Phi) is 6.24. The Labute approximate surface area is 142 Å². The molecule has 1 heterocycles. The summed E-state index contributed by atoms with van der Waals surface area (Å²) in [4.78, 5) is 24.5. The minimum atomic E-state index is -4.80. The largest absolute Gasteiger partial charge is 0.573 e. The lowest BCUT2D eigenvalue weighted by atomic mass is 10.1. The number of carbonyl (C=O) groups is 2. The second-order valence-electron chi connectivity index (χ2n) is 5.59. The van der Waals surface area contributed by atoms with Crippen LogP contribution in [0.5, 0.6) is 5.75 Å². The minimum absolute atomic E-state index is 0.00196. The molecule has 0 aromatic heterocycles. The van der Waals surface area contributed by atoms with Crippen LogP contribution in [0.15, 0.2) is 24.3 Å². The molecule has 1 fully saturated rings. The van der Waals surface area contributed by atoms with E-state index in [1.54, 1.807) is 6.07 Å². The molecule has 0 unspecified atom stereocenters. The molecular formula is C16H18F3NO5. The summed E-state index contributed by atoms with van der Waals surface area (Å²) < 4.78 is 46.4. The Balaban J connectivity index is 1.93. The summed E-state index contributed by atoms with van der Waals surface area (Å²) in [5, 5.41) is 8.78. The first kappa shape index (κ1) is 19.0. The van der Waals surface area contributed by atoms with Crippen molar-refractivity contribution in [2.24, 2.45) is 0 Å². The maximum Gasteiger partial charge on any atom is 0.573 e. The predicted octanol–water partition coefficient (Wildman–Crippen LogP) is 2.22. The SMILES string of the molecule is O=C(O)C[C@@H]1CN(C(=O)CCc2ccccc2OC(F)(F)F)CCO1. The predicted molar refractivity (Wildman–Crippen MR) is 80.0 cm³/mol. The lowest BCUT2D eigenvalue weighted by Gasteiger charge is -2.32. The van der Waals surface area contributed by atoms with Crippen molar-refractivity contribution in [2.45, 2.75) is 31.7 Å². The second kappa shape index (κ2) is 8.19.